The highest BCUT2D eigenvalue weighted by Gasteiger charge is 2.57. The van der Waals surface area contributed by atoms with Crippen molar-refractivity contribution in [3.8, 4) is 0 Å². The van der Waals surface area contributed by atoms with Gasteiger partial charge in [-0.1, -0.05) is 6.92 Å². The number of pyridine rings is 1. The highest BCUT2D eigenvalue weighted by molar-refractivity contribution is 5.95. The van der Waals surface area contributed by atoms with Crippen LogP contribution in [-0.4, -0.2) is 52.5 Å². The number of piperidine rings is 1. The van der Waals surface area contributed by atoms with Gasteiger partial charge in [-0.25, -0.2) is 4.98 Å². The zero-order chi connectivity index (χ0) is 16.8. The maximum Gasteiger partial charge on any atom is 0.308 e. The molecule has 4 heterocycles. The van der Waals surface area contributed by atoms with Crippen LogP contribution < -0.4 is 4.90 Å². The Bertz CT molecular complexity index is 652. The van der Waals surface area contributed by atoms with E-state index in [1.807, 2.05) is 12.1 Å². The van der Waals surface area contributed by atoms with Crippen LogP contribution in [0.5, 0.6) is 0 Å². The molecule has 1 aromatic heterocycles. The molecule has 3 atom stereocenters. The number of carbonyl (C=O) groups excluding carboxylic acids is 1. The van der Waals surface area contributed by atoms with E-state index < -0.39 is 5.97 Å². The largest absolute Gasteiger partial charge is 0.481 e. The summed E-state index contributed by atoms with van der Waals surface area (Å²) in [6.45, 7) is 4.86. The number of hydrogen-bond donors (Lipinski definition) is 1. The summed E-state index contributed by atoms with van der Waals surface area (Å²) in [5.74, 6) is 0.575. The van der Waals surface area contributed by atoms with Gasteiger partial charge >= 0.3 is 5.97 Å². The molecule has 24 heavy (non-hydrogen) atoms. The van der Waals surface area contributed by atoms with Gasteiger partial charge in [0.1, 0.15) is 5.82 Å². The lowest BCUT2D eigenvalue weighted by atomic mass is 9.74. The second-order valence-electron chi connectivity index (χ2n) is 7.46. The average Bonchev–Trinajstić information content (AvgIpc) is 3.14. The fourth-order valence-electron chi connectivity index (χ4n) is 4.32. The highest BCUT2D eigenvalue weighted by Crippen LogP contribution is 2.46. The summed E-state index contributed by atoms with van der Waals surface area (Å²) >= 11 is 0. The molecular weight excluding hydrogens is 306 g/mol. The van der Waals surface area contributed by atoms with Gasteiger partial charge in [-0.15, -0.1) is 0 Å². The van der Waals surface area contributed by atoms with Gasteiger partial charge in [-0.3, -0.25) is 9.59 Å². The van der Waals surface area contributed by atoms with E-state index in [1.165, 1.54) is 12.8 Å². The zero-order valence-corrected chi connectivity index (χ0v) is 13.9. The summed E-state index contributed by atoms with van der Waals surface area (Å²) < 4.78 is 0. The van der Waals surface area contributed by atoms with Gasteiger partial charge in [-0.05, 0) is 43.2 Å². The normalized spacial score (nSPS) is 29.5. The molecule has 3 saturated heterocycles. The van der Waals surface area contributed by atoms with E-state index in [1.54, 1.807) is 11.1 Å². The summed E-state index contributed by atoms with van der Waals surface area (Å²) in [4.78, 5) is 32.4. The molecule has 1 amide bonds. The summed E-state index contributed by atoms with van der Waals surface area (Å²) in [5, 5.41) is 9.23. The fraction of sp³-hybridized carbons (Fsp3) is 0.611. The SMILES string of the molecule is CC1CCN(c2ccc(C(=O)N3C[C@@H]4C[C@H]3[C@@H]4C(=O)O)cn2)CC1. The molecule has 5 rings (SSSR count). The average molecular weight is 329 g/mol. The van der Waals surface area contributed by atoms with E-state index in [0.717, 1.165) is 31.2 Å². The van der Waals surface area contributed by atoms with Crippen LogP contribution in [-0.2, 0) is 4.79 Å². The monoisotopic (exact) mass is 329 g/mol. The molecule has 0 aromatic carbocycles. The quantitative estimate of drug-likeness (QED) is 0.916. The highest BCUT2D eigenvalue weighted by atomic mass is 16.4. The van der Waals surface area contributed by atoms with E-state index >= 15 is 0 Å². The number of aliphatic carboxylic acids is 1. The van der Waals surface area contributed by atoms with Crippen molar-refractivity contribution in [2.45, 2.75) is 32.2 Å². The van der Waals surface area contributed by atoms with Crippen molar-refractivity contribution < 1.29 is 14.7 Å². The summed E-state index contributed by atoms with van der Waals surface area (Å²) in [5.41, 5.74) is 0.556. The Morgan fingerprint density at radius 1 is 1.25 bits per heavy atom. The molecule has 128 valence electrons. The first-order chi connectivity index (χ1) is 11.5. The van der Waals surface area contributed by atoms with E-state index in [0.29, 0.717) is 12.1 Å². The van der Waals surface area contributed by atoms with Gasteiger partial charge in [0.25, 0.3) is 5.91 Å². The minimum atomic E-state index is -0.778. The molecule has 3 aliphatic heterocycles. The first-order valence-electron chi connectivity index (χ1n) is 8.79. The summed E-state index contributed by atoms with van der Waals surface area (Å²) in [6.07, 6.45) is 4.81. The Kier molecular flexibility index (Phi) is 3.70. The van der Waals surface area contributed by atoms with E-state index in [-0.39, 0.29) is 23.8 Å². The summed E-state index contributed by atoms with van der Waals surface area (Å²) in [7, 11) is 0. The van der Waals surface area contributed by atoms with Crippen molar-refractivity contribution in [2.75, 3.05) is 24.5 Å². The molecule has 6 heteroatoms. The maximum atomic E-state index is 12.7. The Morgan fingerprint density at radius 2 is 2.00 bits per heavy atom. The number of carboxylic acids is 1. The standard InChI is InChI=1S/C18H23N3O3/c1-11-4-6-20(7-5-11)15-3-2-12(9-19-15)17(22)21-10-13-8-14(21)16(13)18(23)24/h2-3,9,11,13-14,16H,4-8,10H2,1H3,(H,23,24)/t13-,14-,16+/m0/s1. The maximum absolute atomic E-state index is 12.7. The molecule has 1 aliphatic carbocycles. The first kappa shape index (κ1) is 15.4. The molecule has 1 aromatic rings. The predicted octanol–water partition coefficient (Wildman–Crippen LogP) is 1.86. The smallest absolute Gasteiger partial charge is 0.308 e. The minimum absolute atomic E-state index is 0.0856. The van der Waals surface area contributed by atoms with Crippen LogP contribution in [0.2, 0.25) is 0 Å². The van der Waals surface area contributed by atoms with Crippen LogP contribution in [0, 0.1) is 17.8 Å². The van der Waals surface area contributed by atoms with Gasteiger partial charge in [0.15, 0.2) is 0 Å². The van der Waals surface area contributed by atoms with Crippen LogP contribution in [0.25, 0.3) is 0 Å². The van der Waals surface area contributed by atoms with Crippen molar-refractivity contribution in [3.05, 3.63) is 23.9 Å². The van der Waals surface area contributed by atoms with Crippen LogP contribution in [0.3, 0.4) is 0 Å². The molecule has 4 aliphatic rings. The molecule has 4 fully saturated rings. The Morgan fingerprint density at radius 3 is 2.58 bits per heavy atom. The molecule has 0 radical (unpaired) electrons. The van der Waals surface area contributed by atoms with Crippen LogP contribution in [0.15, 0.2) is 18.3 Å². The molecule has 0 spiro atoms. The Hall–Kier alpha value is -2.11. The van der Waals surface area contributed by atoms with Crippen molar-refractivity contribution in [3.63, 3.8) is 0 Å². The van der Waals surface area contributed by atoms with E-state index in [9.17, 15) is 14.7 Å². The number of rotatable bonds is 3. The van der Waals surface area contributed by atoms with Crippen molar-refractivity contribution >= 4 is 17.7 Å². The van der Waals surface area contributed by atoms with Crippen molar-refractivity contribution in [2.24, 2.45) is 17.8 Å². The van der Waals surface area contributed by atoms with E-state index in [4.69, 9.17) is 0 Å². The number of nitrogens with zero attached hydrogens (tertiary/aromatic N) is 3. The van der Waals surface area contributed by atoms with Crippen LogP contribution in [0.1, 0.15) is 36.5 Å². The van der Waals surface area contributed by atoms with Crippen molar-refractivity contribution in [1.29, 1.82) is 0 Å². The predicted molar refractivity (Wildman–Crippen MR) is 88.9 cm³/mol. The molecule has 0 unspecified atom stereocenters. The molecule has 2 bridgehead atoms. The lowest BCUT2D eigenvalue weighted by Crippen LogP contribution is -2.45. The first-order valence-corrected chi connectivity index (χ1v) is 8.79. The third-order valence-corrected chi connectivity index (χ3v) is 5.95. The Labute approximate surface area is 141 Å². The number of fused-ring (bicyclic) bond motifs is 1. The molecule has 1 saturated carbocycles. The zero-order valence-electron chi connectivity index (χ0n) is 13.9. The second kappa shape index (κ2) is 5.76. The van der Waals surface area contributed by atoms with Gasteiger partial charge in [0.2, 0.25) is 0 Å². The number of anilines is 1. The topological polar surface area (TPSA) is 73.7 Å². The van der Waals surface area contributed by atoms with Gasteiger partial charge in [-0.2, -0.15) is 0 Å². The van der Waals surface area contributed by atoms with Crippen molar-refractivity contribution in [1.82, 2.24) is 9.88 Å². The lowest BCUT2D eigenvalue weighted by molar-refractivity contribution is -0.147. The molecular formula is C18H23N3O3. The van der Waals surface area contributed by atoms with Gasteiger partial charge in [0, 0.05) is 31.9 Å². The Balaban J connectivity index is 1.44. The fourth-order valence-corrected chi connectivity index (χ4v) is 4.32. The number of carboxylic acid groups (broad SMARTS) is 1. The second-order valence-corrected chi connectivity index (χ2v) is 7.46. The number of carbonyl (C=O) groups is 2. The van der Waals surface area contributed by atoms with Gasteiger partial charge in [0.05, 0.1) is 11.5 Å². The lowest BCUT2D eigenvalue weighted by Gasteiger charge is -2.33. The number of hydrogen-bond acceptors (Lipinski definition) is 4. The van der Waals surface area contributed by atoms with Crippen LogP contribution in [0.4, 0.5) is 5.82 Å². The van der Waals surface area contributed by atoms with Crippen LogP contribution >= 0.6 is 0 Å². The third-order valence-electron chi connectivity index (χ3n) is 5.95. The molecule has 1 N–H and O–H groups in total. The van der Waals surface area contributed by atoms with E-state index in [2.05, 4.69) is 16.8 Å². The minimum Gasteiger partial charge on any atom is -0.481 e. The number of aromatic nitrogens is 1. The molecule has 6 nitrogen and oxygen atoms in total. The van der Waals surface area contributed by atoms with Gasteiger partial charge < -0.3 is 14.9 Å². The summed E-state index contributed by atoms with van der Waals surface area (Å²) in [6, 6.07) is 3.61. The third kappa shape index (κ3) is 2.44. The number of amides is 1.